The summed E-state index contributed by atoms with van der Waals surface area (Å²) in [5.41, 5.74) is 5.25. The highest BCUT2D eigenvalue weighted by Gasteiger charge is 2.51. The van der Waals surface area contributed by atoms with E-state index in [1.165, 1.54) is 10.9 Å². The average Bonchev–Trinajstić information content (AvgIpc) is 3.72. The quantitative estimate of drug-likeness (QED) is 0.199. The lowest BCUT2D eigenvalue weighted by Gasteiger charge is -2.26. The van der Waals surface area contributed by atoms with E-state index < -0.39 is 84.6 Å². The number of rotatable bonds is 2. The SMILES string of the molecule is Nc1ncnc2c1ncn2[C@@H]1O[C@@H]2CNS(=O)(=O)O[C@@H]3C[C@@H](COP(O)(=S)O[C@H]2[C@H]1F)O[C@H]3n1cc(F)c2c(=O)[nH]cnc21. The maximum atomic E-state index is 15.9. The van der Waals surface area contributed by atoms with Crippen molar-refractivity contribution in [3.8, 4) is 0 Å². The summed E-state index contributed by atoms with van der Waals surface area (Å²) in [5, 5.41) is -0.372. The van der Waals surface area contributed by atoms with Crippen molar-refractivity contribution in [2.24, 2.45) is 0 Å². The van der Waals surface area contributed by atoms with E-state index in [1.807, 2.05) is 0 Å². The molecule has 3 aliphatic rings. The number of H-pyrrole nitrogens is 1. The van der Waals surface area contributed by atoms with Crippen molar-refractivity contribution in [3.05, 3.63) is 41.3 Å². The minimum atomic E-state index is -4.61. The molecule has 7 heterocycles. The summed E-state index contributed by atoms with van der Waals surface area (Å²) >= 11 is 5.15. The predicted octanol–water partition coefficient (Wildman–Crippen LogP) is -0.339. The lowest BCUT2D eigenvalue weighted by Crippen LogP contribution is -2.41. The van der Waals surface area contributed by atoms with Crippen molar-refractivity contribution in [2.75, 3.05) is 18.9 Å². The van der Waals surface area contributed by atoms with Gasteiger partial charge in [-0.05, 0) is 11.8 Å². The zero-order valence-corrected chi connectivity index (χ0v) is 24.5. The molecule has 0 aliphatic carbocycles. The van der Waals surface area contributed by atoms with Crippen LogP contribution in [0.5, 0.6) is 0 Å². The minimum Gasteiger partial charge on any atom is -0.382 e. The summed E-state index contributed by atoms with van der Waals surface area (Å²) in [6.07, 6.45) is -5.79. The van der Waals surface area contributed by atoms with Crippen LogP contribution in [-0.2, 0) is 44.8 Å². The van der Waals surface area contributed by atoms with Gasteiger partial charge < -0.3 is 34.2 Å². The number of imidazole rings is 1. The summed E-state index contributed by atoms with van der Waals surface area (Å²) in [6.45, 7) is -5.23. The van der Waals surface area contributed by atoms with E-state index in [9.17, 15) is 22.5 Å². The van der Waals surface area contributed by atoms with Gasteiger partial charge in [0.2, 0.25) is 0 Å². The number of fused-ring (bicyclic) bond motifs is 5. The fourth-order valence-electron chi connectivity index (χ4n) is 5.40. The van der Waals surface area contributed by atoms with E-state index in [-0.39, 0.29) is 34.4 Å². The van der Waals surface area contributed by atoms with E-state index in [4.69, 9.17) is 40.2 Å². The molecular weight excluding hydrogens is 655 g/mol. The largest absolute Gasteiger partial charge is 0.382 e. The third-order valence-corrected chi connectivity index (χ3v) is 9.89. The minimum absolute atomic E-state index is 0.0403. The number of nitrogens with one attached hydrogen (secondary N) is 2. The number of halogens is 2. The smallest absolute Gasteiger partial charge is 0.336 e. The molecule has 5 N–H and O–H groups in total. The number of aromatic nitrogens is 7. The van der Waals surface area contributed by atoms with Gasteiger partial charge in [-0.15, -0.1) is 0 Å². The molecule has 23 heteroatoms. The Morgan fingerprint density at radius 1 is 1.14 bits per heavy atom. The van der Waals surface area contributed by atoms with Crippen molar-refractivity contribution >= 4 is 56.8 Å². The van der Waals surface area contributed by atoms with Gasteiger partial charge in [-0.25, -0.2) is 32.9 Å². The Morgan fingerprint density at radius 2 is 1.95 bits per heavy atom. The van der Waals surface area contributed by atoms with Crippen LogP contribution in [0, 0.1) is 5.82 Å². The Kier molecular flexibility index (Phi) is 7.27. The summed E-state index contributed by atoms with van der Waals surface area (Å²) in [7, 11) is -4.61. The maximum Gasteiger partial charge on any atom is 0.336 e. The van der Waals surface area contributed by atoms with Crippen molar-refractivity contribution in [3.63, 3.8) is 0 Å². The van der Waals surface area contributed by atoms with E-state index in [0.29, 0.717) is 0 Å². The van der Waals surface area contributed by atoms with Crippen molar-refractivity contribution in [1.82, 2.24) is 38.8 Å². The lowest BCUT2D eigenvalue weighted by molar-refractivity contribution is -0.0454. The standard InChI is InChI=1S/C21H22F2N9O9PS2/c22-9-3-31(17-12(9)19(33)28-6-26-17)20-10-1-8(38-20)4-37-42(34,43)40-15-11(2-30-44(35,36)41-10)39-21(13(15)23)32-7-29-14-16(24)25-5-27-18(14)32/h3,5-8,10-11,13,15,20-21,30H,1-2,4H2,(H,34,43)(H2,24,25,27)(H,26,28,33)/t8-,10+,11+,13+,15+,20+,21+,42?/m0/s1. The Morgan fingerprint density at radius 3 is 2.77 bits per heavy atom. The molecule has 7 rings (SSSR count). The van der Waals surface area contributed by atoms with Crippen LogP contribution in [0.1, 0.15) is 18.9 Å². The van der Waals surface area contributed by atoms with Crippen LogP contribution < -0.4 is 16.0 Å². The molecule has 0 saturated carbocycles. The fourth-order valence-corrected chi connectivity index (χ4v) is 7.80. The van der Waals surface area contributed by atoms with Gasteiger partial charge in [0.1, 0.15) is 35.5 Å². The predicted molar refractivity (Wildman–Crippen MR) is 147 cm³/mol. The average molecular weight is 678 g/mol. The molecule has 44 heavy (non-hydrogen) atoms. The Labute approximate surface area is 250 Å². The third kappa shape index (κ3) is 5.19. The molecular formula is C21H22F2N9O9PS2. The molecule has 3 fully saturated rings. The van der Waals surface area contributed by atoms with Gasteiger partial charge in [0.15, 0.2) is 41.6 Å². The third-order valence-electron chi connectivity index (χ3n) is 7.31. The highest BCUT2D eigenvalue weighted by Crippen LogP contribution is 2.50. The van der Waals surface area contributed by atoms with E-state index in [0.717, 1.165) is 23.4 Å². The number of nitrogens with zero attached hydrogens (tertiary/aromatic N) is 6. The number of anilines is 1. The summed E-state index contributed by atoms with van der Waals surface area (Å²) in [6, 6.07) is 0. The van der Waals surface area contributed by atoms with Crippen molar-refractivity contribution in [2.45, 2.75) is 49.5 Å². The molecule has 4 aromatic rings. The number of ether oxygens (including phenoxy) is 2. The van der Waals surface area contributed by atoms with Crippen LogP contribution in [0.3, 0.4) is 0 Å². The van der Waals surface area contributed by atoms with Gasteiger partial charge in [0.05, 0.1) is 25.4 Å². The molecule has 3 aliphatic heterocycles. The van der Waals surface area contributed by atoms with Crippen molar-refractivity contribution in [1.29, 1.82) is 0 Å². The monoisotopic (exact) mass is 677 g/mol. The molecule has 0 spiro atoms. The van der Waals surface area contributed by atoms with E-state index in [1.54, 1.807) is 0 Å². The molecule has 4 aromatic heterocycles. The molecule has 0 amide bonds. The molecule has 0 aromatic carbocycles. The zero-order valence-electron chi connectivity index (χ0n) is 22.0. The van der Waals surface area contributed by atoms with Gasteiger partial charge in [-0.1, -0.05) is 0 Å². The van der Waals surface area contributed by atoms with Crippen molar-refractivity contribution < 1.29 is 44.8 Å². The summed E-state index contributed by atoms with van der Waals surface area (Å²) < 4.78 is 89.6. The van der Waals surface area contributed by atoms with Crippen LogP contribution in [-0.4, -0.2) is 91.1 Å². The summed E-state index contributed by atoms with van der Waals surface area (Å²) in [4.78, 5) is 41.3. The maximum absolute atomic E-state index is 15.9. The highest BCUT2D eigenvalue weighted by molar-refractivity contribution is 8.07. The van der Waals surface area contributed by atoms with Crippen LogP contribution in [0.2, 0.25) is 0 Å². The number of nitrogens with two attached hydrogens (primary N) is 1. The first-order valence-electron chi connectivity index (χ1n) is 12.9. The normalized spacial score (nSPS) is 34.4. The first-order chi connectivity index (χ1) is 20.9. The Bertz CT molecular complexity index is 1980. The lowest BCUT2D eigenvalue weighted by atomic mass is 10.1. The molecule has 18 nitrogen and oxygen atoms in total. The first kappa shape index (κ1) is 29.6. The number of hydrogen-bond acceptors (Lipinski definition) is 14. The van der Waals surface area contributed by atoms with Crippen LogP contribution in [0.25, 0.3) is 22.2 Å². The number of aromatic amines is 1. The topological polar surface area (TPSA) is 233 Å². The van der Waals surface area contributed by atoms with Crippen LogP contribution in [0.4, 0.5) is 14.6 Å². The Balaban J connectivity index is 1.19. The van der Waals surface area contributed by atoms with E-state index in [2.05, 4.69) is 29.6 Å². The van der Waals surface area contributed by atoms with Gasteiger partial charge in [-0.3, -0.25) is 13.9 Å². The molecule has 0 radical (unpaired) electrons. The van der Waals surface area contributed by atoms with E-state index >= 15 is 4.39 Å². The first-order valence-corrected chi connectivity index (χ1v) is 16.9. The Hall–Kier alpha value is -3.05. The number of hydrogen-bond donors (Lipinski definition) is 4. The van der Waals surface area contributed by atoms with Gasteiger partial charge in [0, 0.05) is 19.2 Å². The number of nitrogen functional groups attached to an aromatic ring is 1. The van der Waals surface area contributed by atoms with Gasteiger partial charge in [0.25, 0.3) is 5.56 Å². The molecule has 3 saturated heterocycles. The van der Waals surface area contributed by atoms with Gasteiger partial charge in [-0.2, -0.15) is 13.1 Å². The zero-order chi connectivity index (χ0) is 31.0. The van der Waals surface area contributed by atoms with Gasteiger partial charge >= 0.3 is 17.0 Å². The number of alkyl halides is 1. The second kappa shape index (κ2) is 10.8. The second-order valence-corrected chi connectivity index (χ2v) is 14.2. The molecule has 2 bridgehead atoms. The second-order valence-electron chi connectivity index (χ2n) is 10.1. The highest BCUT2D eigenvalue weighted by atomic mass is 32.5. The van der Waals surface area contributed by atoms with Crippen LogP contribution in [0.15, 0.2) is 30.0 Å². The molecule has 236 valence electrons. The van der Waals surface area contributed by atoms with Crippen LogP contribution >= 0.6 is 6.72 Å². The molecule has 8 atom stereocenters. The molecule has 1 unspecified atom stereocenters. The summed E-state index contributed by atoms with van der Waals surface area (Å²) in [5.74, 6) is -0.885. The fraction of sp³-hybridized carbons (Fsp3) is 0.476.